The fourth-order valence-corrected chi connectivity index (χ4v) is 2.82. The molecule has 0 spiro atoms. The van der Waals surface area contributed by atoms with Gasteiger partial charge in [0.15, 0.2) is 5.16 Å². The summed E-state index contributed by atoms with van der Waals surface area (Å²) in [6, 6.07) is 2.35. The van der Waals surface area contributed by atoms with Gasteiger partial charge in [0.2, 0.25) is 5.91 Å². The minimum absolute atomic E-state index is 0.00585. The molecular weight excluding hydrogens is 302 g/mol. The maximum atomic E-state index is 12.3. The molecule has 2 N–H and O–H groups in total. The molecule has 0 bridgehead atoms. The van der Waals surface area contributed by atoms with E-state index in [-0.39, 0.29) is 23.6 Å². The third kappa shape index (κ3) is 3.35. The number of thioether (sulfide) groups is 1. The van der Waals surface area contributed by atoms with Gasteiger partial charge < -0.3 is 5.32 Å². The van der Waals surface area contributed by atoms with E-state index in [4.69, 9.17) is 0 Å². The Balaban J connectivity index is 2.06. The standard InChI is InChI=1S/C14H21N5O2S/c1-8(2)14(4,7-15)16-11(20)9(3)22-13-18-17-12(21)19(13)10-5-6-10/h8-10H,5-6H2,1-4H3,(H,16,20)(H,17,21)/t9-,14-/m1/s1. The van der Waals surface area contributed by atoms with Crippen molar-refractivity contribution in [1.29, 1.82) is 5.26 Å². The molecule has 1 aromatic heterocycles. The molecule has 1 aliphatic rings. The molecule has 0 unspecified atom stereocenters. The second-order valence-corrected chi connectivity index (χ2v) is 7.44. The zero-order valence-corrected chi connectivity index (χ0v) is 14.0. The molecular formula is C14H21N5O2S. The van der Waals surface area contributed by atoms with Gasteiger partial charge in [-0.3, -0.25) is 9.36 Å². The summed E-state index contributed by atoms with van der Waals surface area (Å²) >= 11 is 1.23. The van der Waals surface area contributed by atoms with E-state index in [0.717, 1.165) is 12.8 Å². The monoisotopic (exact) mass is 323 g/mol. The van der Waals surface area contributed by atoms with Crippen LogP contribution in [0.15, 0.2) is 9.95 Å². The van der Waals surface area contributed by atoms with Gasteiger partial charge in [0, 0.05) is 6.04 Å². The summed E-state index contributed by atoms with van der Waals surface area (Å²) in [6.07, 6.45) is 1.93. The van der Waals surface area contributed by atoms with Crippen molar-refractivity contribution in [3.8, 4) is 6.07 Å². The molecule has 8 heteroatoms. The van der Waals surface area contributed by atoms with Crippen LogP contribution in [0.1, 0.15) is 46.6 Å². The van der Waals surface area contributed by atoms with Gasteiger partial charge in [-0.25, -0.2) is 9.89 Å². The van der Waals surface area contributed by atoms with Crippen LogP contribution in [0.3, 0.4) is 0 Å². The Bertz CT molecular complexity index is 655. The zero-order valence-electron chi connectivity index (χ0n) is 13.2. The number of nitrogens with zero attached hydrogens (tertiary/aromatic N) is 3. The summed E-state index contributed by atoms with van der Waals surface area (Å²) in [5.41, 5.74) is -1.14. The predicted octanol–water partition coefficient (Wildman–Crippen LogP) is 1.44. The first-order valence-electron chi connectivity index (χ1n) is 7.35. The first-order valence-corrected chi connectivity index (χ1v) is 8.23. The minimum Gasteiger partial charge on any atom is -0.337 e. The largest absolute Gasteiger partial charge is 0.344 e. The van der Waals surface area contributed by atoms with Crippen molar-refractivity contribution in [2.75, 3.05) is 0 Å². The number of aromatic nitrogens is 3. The lowest BCUT2D eigenvalue weighted by molar-refractivity contribution is -0.121. The Morgan fingerprint density at radius 3 is 2.68 bits per heavy atom. The van der Waals surface area contributed by atoms with E-state index in [0.29, 0.717) is 5.16 Å². The molecule has 2 rings (SSSR count). The van der Waals surface area contributed by atoms with Gasteiger partial charge in [-0.2, -0.15) is 5.26 Å². The normalized spacial score (nSPS) is 18.5. The van der Waals surface area contributed by atoms with E-state index in [1.165, 1.54) is 11.8 Å². The van der Waals surface area contributed by atoms with Gasteiger partial charge in [0.05, 0.1) is 11.3 Å². The third-order valence-electron chi connectivity index (χ3n) is 4.01. The lowest BCUT2D eigenvalue weighted by Gasteiger charge is -2.28. The van der Waals surface area contributed by atoms with Crippen LogP contribution in [-0.2, 0) is 4.79 Å². The van der Waals surface area contributed by atoms with Crippen LogP contribution in [0, 0.1) is 17.2 Å². The van der Waals surface area contributed by atoms with E-state index in [1.54, 1.807) is 18.4 Å². The van der Waals surface area contributed by atoms with Crippen LogP contribution in [-0.4, -0.2) is 31.5 Å². The minimum atomic E-state index is -0.909. The Kier molecular flexibility index (Phi) is 4.66. The lowest BCUT2D eigenvalue weighted by Crippen LogP contribution is -2.51. The molecule has 22 heavy (non-hydrogen) atoms. The van der Waals surface area contributed by atoms with Crippen LogP contribution in [0.4, 0.5) is 0 Å². The number of carbonyl (C=O) groups is 1. The number of rotatable bonds is 6. The smallest absolute Gasteiger partial charge is 0.337 e. The van der Waals surface area contributed by atoms with Crippen molar-refractivity contribution < 1.29 is 4.79 Å². The number of carbonyl (C=O) groups excluding carboxylic acids is 1. The van der Waals surface area contributed by atoms with E-state index in [1.807, 2.05) is 13.8 Å². The summed E-state index contributed by atoms with van der Waals surface area (Å²) in [7, 11) is 0. The van der Waals surface area contributed by atoms with Crippen LogP contribution in [0.2, 0.25) is 0 Å². The Morgan fingerprint density at radius 2 is 2.18 bits per heavy atom. The van der Waals surface area contributed by atoms with Crippen molar-refractivity contribution in [2.24, 2.45) is 5.92 Å². The molecule has 1 amide bonds. The molecule has 0 aromatic carbocycles. The third-order valence-corrected chi connectivity index (χ3v) is 5.07. The highest BCUT2D eigenvalue weighted by atomic mass is 32.2. The van der Waals surface area contributed by atoms with E-state index in [2.05, 4.69) is 21.6 Å². The number of nitriles is 1. The van der Waals surface area contributed by atoms with E-state index < -0.39 is 10.8 Å². The Morgan fingerprint density at radius 1 is 1.55 bits per heavy atom. The molecule has 0 radical (unpaired) electrons. The second-order valence-electron chi connectivity index (χ2n) is 6.13. The van der Waals surface area contributed by atoms with Gasteiger partial charge in [-0.1, -0.05) is 25.6 Å². The fourth-order valence-electron chi connectivity index (χ4n) is 1.90. The molecule has 7 nitrogen and oxygen atoms in total. The quantitative estimate of drug-likeness (QED) is 0.771. The molecule has 0 aliphatic heterocycles. The highest BCUT2D eigenvalue weighted by molar-refractivity contribution is 8.00. The highest BCUT2D eigenvalue weighted by Gasteiger charge is 2.33. The molecule has 2 atom stereocenters. The average Bonchev–Trinajstić information content (AvgIpc) is 3.23. The van der Waals surface area contributed by atoms with Crippen molar-refractivity contribution in [3.63, 3.8) is 0 Å². The number of amides is 1. The maximum Gasteiger partial charge on any atom is 0.344 e. The van der Waals surface area contributed by atoms with Crippen molar-refractivity contribution in [2.45, 2.75) is 62.5 Å². The van der Waals surface area contributed by atoms with Crippen LogP contribution < -0.4 is 11.0 Å². The Hall–Kier alpha value is -1.75. The summed E-state index contributed by atoms with van der Waals surface area (Å²) in [5, 5.41) is 18.6. The molecule has 1 saturated carbocycles. The summed E-state index contributed by atoms with van der Waals surface area (Å²) < 4.78 is 1.61. The second kappa shape index (κ2) is 6.16. The van der Waals surface area contributed by atoms with Gasteiger partial charge in [0.1, 0.15) is 5.54 Å². The fraction of sp³-hybridized carbons (Fsp3) is 0.714. The van der Waals surface area contributed by atoms with Crippen molar-refractivity contribution >= 4 is 17.7 Å². The molecule has 120 valence electrons. The summed E-state index contributed by atoms with van der Waals surface area (Å²) in [5.74, 6) is -0.241. The van der Waals surface area contributed by atoms with Crippen LogP contribution in [0.5, 0.6) is 0 Å². The Labute approximate surface area is 133 Å². The lowest BCUT2D eigenvalue weighted by atomic mass is 9.90. The van der Waals surface area contributed by atoms with Gasteiger partial charge in [-0.05, 0) is 32.6 Å². The number of hydrogen-bond donors (Lipinski definition) is 2. The highest BCUT2D eigenvalue weighted by Crippen LogP contribution is 2.36. The SMILES string of the molecule is CC(C)[C@@](C)(C#N)NC(=O)[C@@H](C)Sc1n[nH]c(=O)n1C1CC1. The number of H-pyrrole nitrogens is 1. The first kappa shape index (κ1) is 16.6. The molecule has 1 aliphatic carbocycles. The van der Waals surface area contributed by atoms with Gasteiger partial charge >= 0.3 is 5.69 Å². The zero-order chi connectivity index (χ0) is 16.5. The number of aromatic amines is 1. The molecule has 1 heterocycles. The summed E-state index contributed by atoms with van der Waals surface area (Å²) in [4.78, 5) is 24.0. The van der Waals surface area contributed by atoms with E-state index in [9.17, 15) is 14.9 Å². The number of nitrogens with one attached hydrogen (secondary N) is 2. The van der Waals surface area contributed by atoms with Crippen molar-refractivity contribution in [1.82, 2.24) is 20.1 Å². The topological polar surface area (TPSA) is 104 Å². The predicted molar refractivity (Wildman–Crippen MR) is 83.4 cm³/mol. The van der Waals surface area contributed by atoms with Gasteiger partial charge in [0.25, 0.3) is 0 Å². The van der Waals surface area contributed by atoms with Gasteiger partial charge in [-0.15, -0.1) is 5.10 Å². The first-order chi connectivity index (χ1) is 10.3. The van der Waals surface area contributed by atoms with Crippen molar-refractivity contribution in [3.05, 3.63) is 10.5 Å². The van der Waals surface area contributed by atoms with E-state index >= 15 is 0 Å². The molecule has 0 saturated heterocycles. The van der Waals surface area contributed by atoms with Crippen LogP contribution >= 0.6 is 11.8 Å². The molecule has 1 fully saturated rings. The molecule has 1 aromatic rings. The maximum absolute atomic E-state index is 12.3. The average molecular weight is 323 g/mol. The summed E-state index contributed by atoms with van der Waals surface area (Å²) in [6.45, 7) is 7.23. The number of hydrogen-bond acceptors (Lipinski definition) is 5. The van der Waals surface area contributed by atoms with Crippen LogP contribution in [0.25, 0.3) is 0 Å².